The largest absolute Gasteiger partial charge is 0.326 e. The summed E-state index contributed by atoms with van der Waals surface area (Å²) in [5, 5.41) is 0.853. The summed E-state index contributed by atoms with van der Waals surface area (Å²) in [5.41, 5.74) is 1.40. The minimum Gasteiger partial charge on any atom is -0.326 e. The van der Waals surface area contributed by atoms with Gasteiger partial charge in [0, 0.05) is 23.7 Å². The number of rotatable bonds is 4. The molecule has 1 heterocycles. The smallest absolute Gasteiger partial charge is 0.224 e. The van der Waals surface area contributed by atoms with Crippen LogP contribution in [0.25, 0.3) is 0 Å². The number of hydrogen-bond donors (Lipinski definition) is 0. The van der Waals surface area contributed by atoms with Crippen molar-refractivity contribution < 1.29 is 4.79 Å². The molecule has 0 bridgehead atoms. The minimum absolute atomic E-state index is 0.119. The number of carbonyl (C=O) groups excluding carboxylic acids is 1. The van der Waals surface area contributed by atoms with Crippen molar-refractivity contribution in [1.82, 2.24) is 4.90 Å². The van der Waals surface area contributed by atoms with E-state index in [1.54, 1.807) is 0 Å². The van der Waals surface area contributed by atoms with Crippen LogP contribution >= 0.6 is 23.4 Å². The summed E-state index contributed by atoms with van der Waals surface area (Å²) in [4.78, 5) is 14.7. The molecule has 122 valence electrons. The summed E-state index contributed by atoms with van der Waals surface area (Å²) in [7, 11) is 0. The first-order valence-electron chi connectivity index (χ1n) is 7.93. The van der Waals surface area contributed by atoms with Crippen molar-refractivity contribution in [2.24, 2.45) is 11.3 Å². The summed E-state index contributed by atoms with van der Waals surface area (Å²) in [6.07, 6.45) is 1.70. The monoisotopic (exact) mass is 339 g/mol. The van der Waals surface area contributed by atoms with Crippen LogP contribution in [-0.4, -0.2) is 23.1 Å². The van der Waals surface area contributed by atoms with Crippen molar-refractivity contribution in [3.63, 3.8) is 0 Å². The van der Waals surface area contributed by atoms with Crippen LogP contribution in [0.15, 0.2) is 24.3 Å². The van der Waals surface area contributed by atoms with Gasteiger partial charge in [0.2, 0.25) is 5.91 Å². The maximum atomic E-state index is 12.7. The lowest BCUT2D eigenvalue weighted by Gasteiger charge is -2.28. The van der Waals surface area contributed by atoms with E-state index in [9.17, 15) is 4.79 Å². The minimum atomic E-state index is 0.119. The van der Waals surface area contributed by atoms with Gasteiger partial charge in [-0.3, -0.25) is 4.79 Å². The molecule has 1 saturated heterocycles. The molecule has 2 rings (SSSR count). The van der Waals surface area contributed by atoms with Crippen LogP contribution in [0, 0.1) is 11.3 Å². The van der Waals surface area contributed by atoms with E-state index in [1.165, 1.54) is 0 Å². The molecule has 0 radical (unpaired) electrons. The van der Waals surface area contributed by atoms with Crippen LogP contribution in [0.4, 0.5) is 0 Å². The molecule has 1 aliphatic heterocycles. The molecule has 0 spiro atoms. The number of halogens is 1. The summed E-state index contributed by atoms with van der Waals surface area (Å²) in [6.45, 7) is 9.71. The number of benzene rings is 1. The van der Waals surface area contributed by atoms with Gasteiger partial charge in [-0.1, -0.05) is 51.4 Å². The quantitative estimate of drug-likeness (QED) is 0.734. The Balaban J connectivity index is 2.02. The highest BCUT2D eigenvalue weighted by molar-refractivity contribution is 7.99. The molecule has 1 aromatic rings. The van der Waals surface area contributed by atoms with Crippen LogP contribution in [0.5, 0.6) is 0 Å². The van der Waals surface area contributed by atoms with Gasteiger partial charge in [-0.2, -0.15) is 0 Å². The number of nitrogens with zero attached hydrogens (tertiary/aromatic N) is 1. The number of carbonyl (C=O) groups is 1. The summed E-state index contributed by atoms with van der Waals surface area (Å²) in [6, 6.07) is 7.88. The third-order valence-corrected chi connectivity index (χ3v) is 5.32. The van der Waals surface area contributed by atoms with E-state index in [2.05, 4.69) is 33.8 Å². The van der Waals surface area contributed by atoms with E-state index in [1.807, 2.05) is 34.9 Å². The third kappa shape index (κ3) is 4.92. The normalized spacial score (nSPS) is 20.2. The Hall–Kier alpha value is -0.670. The van der Waals surface area contributed by atoms with Crippen LogP contribution in [0.3, 0.4) is 0 Å². The molecule has 0 N–H and O–H groups in total. The van der Waals surface area contributed by atoms with E-state index in [4.69, 9.17) is 11.6 Å². The van der Waals surface area contributed by atoms with E-state index in [0.29, 0.717) is 12.3 Å². The molecule has 1 aromatic carbocycles. The van der Waals surface area contributed by atoms with Gasteiger partial charge in [0.05, 0.1) is 0 Å². The van der Waals surface area contributed by atoms with Gasteiger partial charge in [0.1, 0.15) is 5.37 Å². The molecule has 2 nitrogen and oxygen atoms in total. The average Bonchev–Trinajstić information content (AvgIpc) is 2.85. The maximum absolute atomic E-state index is 12.7. The molecular formula is C18H26ClNOS. The van der Waals surface area contributed by atoms with Crippen molar-refractivity contribution in [2.75, 3.05) is 12.3 Å². The standard InChI is InChI=1S/C18H26ClNOS/c1-13(12-18(2,3)4)10-16(21)20-8-9-22-17(20)14-6-5-7-15(19)11-14/h5-7,11,13,17H,8-10,12H2,1-4H3. The SMILES string of the molecule is CC(CC(=O)N1CCSC1c1cccc(Cl)c1)CC(C)(C)C. The summed E-state index contributed by atoms with van der Waals surface area (Å²) >= 11 is 7.92. The number of hydrogen-bond acceptors (Lipinski definition) is 2. The second kappa shape index (κ2) is 7.27. The Morgan fingerprint density at radius 1 is 1.45 bits per heavy atom. The van der Waals surface area contributed by atoms with E-state index < -0.39 is 0 Å². The first-order valence-corrected chi connectivity index (χ1v) is 9.35. The Morgan fingerprint density at radius 3 is 2.82 bits per heavy atom. The molecular weight excluding hydrogens is 314 g/mol. The van der Waals surface area contributed by atoms with Crippen molar-refractivity contribution in [2.45, 2.75) is 45.9 Å². The van der Waals surface area contributed by atoms with Gasteiger partial charge in [-0.25, -0.2) is 0 Å². The number of amides is 1. The second-order valence-electron chi connectivity index (χ2n) is 7.44. The molecule has 0 aliphatic carbocycles. The Morgan fingerprint density at radius 2 is 2.18 bits per heavy atom. The zero-order valence-electron chi connectivity index (χ0n) is 13.9. The average molecular weight is 340 g/mol. The molecule has 4 heteroatoms. The fraction of sp³-hybridized carbons (Fsp3) is 0.611. The maximum Gasteiger partial charge on any atom is 0.224 e. The van der Waals surface area contributed by atoms with E-state index in [-0.39, 0.29) is 16.7 Å². The molecule has 0 saturated carbocycles. The Bertz CT molecular complexity index is 526. The highest BCUT2D eigenvalue weighted by atomic mass is 35.5. The van der Waals surface area contributed by atoms with E-state index >= 15 is 0 Å². The van der Waals surface area contributed by atoms with Crippen LogP contribution in [0.1, 0.15) is 51.5 Å². The second-order valence-corrected chi connectivity index (χ2v) is 9.06. The predicted molar refractivity (Wildman–Crippen MR) is 96.2 cm³/mol. The molecule has 1 fully saturated rings. The van der Waals surface area contributed by atoms with Gasteiger partial charge in [-0.15, -0.1) is 11.8 Å². The van der Waals surface area contributed by atoms with Crippen molar-refractivity contribution in [1.29, 1.82) is 0 Å². The molecule has 0 aromatic heterocycles. The highest BCUT2D eigenvalue weighted by Gasteiger charge is 2.31. The lowest BCUT2D eigenvalue weighted by Crippen LogP contribution is -2.32. The topological polar surface area (TPSA) is 20.3 Å². The van der Waals surface area contributed by atoms with Crippen molar-refractivity contribution in [3.8, 4) is 0 Å². The molecule has 1 amide bonds. The zero-order valence-corrected chi connectivity index (χ0v) is 15.5. The van der Waals surface area contributed by atoms with Crippen LogP contribution in [0.2, 0.25) is 5.02 Å². The predicted octanol–water partition coefficient (Wildman–Crippen LogP) is 5.38. The van der Waals surface area contributed by atoms with Gasteiger partial charge in [-0.05, 0) is 35.4 Å². The highest BCUT2D eigenvalue weighted by Crippen LogP contribution is 2.39. The van der Waals surface area contributed by atoms with Gasteiger partial charge < -0.3 is 4.90 Å². The molecule has 2 atom stereocenters. The lowest BCUT2D eigenvalue weighted by molar-refractivity contribution is -0.132. The Labute approximate surface area is 143 Å². The zero-order chi connectivity index (χ0) is 16.3. The fourth-order valence-electron chi connectivity index (χ4n) is 3.19. The van der Waals surface area contributed by atoms with Crippen molar-refractivity contribution in [3.05, 3.63) is 34.9 Å². The Kier molecular flexibility index (Phi) is 5.84. The summed E-state index contributed by atoms with van der Waals surface area (Å²) in [5.74, 6) is 1.68. The van der Waals surface area contributed by atoms with Crippen LogP contribution < -0.4 is 0 Å². The van der Waals surface area contributed by atoms with E-state index in [0.717, 1.165) is 29.3 Å². The molecule has 22 heavy (non-hydrogen) atoms. The molecule has 2 unspecified atom stereocenters. The third-order valence-electron chi connectivity index (χ3n) is 3.83. The van der Waals surface area contributed by atoms with Gasteiger partial charge in [0.25, 0.3) is 0 Å². The van der Waals surface area contributed by atoms with Gasteiger partial charge >= 0.3 is 0 Å². The first-order chi connectivity index (χ1) is 10.3. The number of thioether (sulfide) groups is 1. The van der Waals surface area contributed by atoms with Crippen molar-refractivity contribution >= 4 is 29.3 Å². The summed E-state index contributed by atoms with van der Waals surface area (Å²) < 4.78 is 0. The fourth-order valence-corrected chi connectivity index (χ4v) is 4.66. The van der Waals surface area contributed by atoms with Crippen LogP contribution in [-0.2, 0) is 4.79 Å². The first kappa shape index (κ1) is 17.7. The van der Waals surface area contributed by atoms with Gasteiger partial charge in [0.15, 0.2) is 0 Å². The lowest BCUT2D eigenvalue weighted by atomic mass is 9.84. The molecule has 1 aliphatic rings.